The smallest absolute Gasteiger partial charge is 0.329 e. The molecule has 1 aromatic carbocycles. The zero-order valence-electron chi connectivity index (χ0n) is 15.1. The van der Waals surface area contributed by atoms with Crippen molar-refractivity contribution in [2.45, 2.75) is 19.1 Å². The number of ether oxygens (including phenoxy) is 5. The predicted molar refractivity (Wildman–Crippen MR) is 93.4 cm³/mol. The summed E-state index contributed by atoms with van der Waals surface area (Å²) in [5.41, 5.74) is 1.11. The Bertz CT molecular complexity index is 477. The summed E-state index contributed by atoms with van der Waals surface area (Å²) in [6.45, 7) is 2.00. The van der Waals surface area contributed by atoms with Gasteiger partial charge in [0.2, 0.25) is 0 Å². The zero-order chi connectivity index (χ0) is 19.0. The SMILES string of the molecule is COC(O)CCc1ccc(OCCOCCOCCOCC(=O)O)cc1. The molecule has 0 aliphatic heterocycles. The number of hydrogen-bond acceptors (Lipinski definition) is 7. The number of aliphatic carboxylic acids is 1. The minimum Gasteiger partial charge on any atom is -0.491 e. The summed E-state index contributed by atoms with van der Waals surface area (Å²) < 4.78 is 25.8. The van der Waals surface area contributed by atoms with Crippen LogP contribution in [-0.2, 0) is 30.2 Å². The molecule has 8 heteroatoms. The van der Waals surface area contributed by atoms with Crippen LogP contribution in [0, 0.1) is 0 Å². The van der Waals surface area contributed by atoms with Crippen LogP contribution in [0.25, 0.3) is 0 Å². The van der Waals surface area contributed by atoms with Gasteiger partial charge >= 0.3 is 5.97 Å². The van der Waals surface area contributed by atoms with Gasteiger partial charge in [-0.25, -0.2) is 4.79 Å². The summed E-state index contributed by atoms with van der Waals surface area (Å²) in [7, 11) is 1.48. The second-order valence-corrected chi connectivity index (χ2v) is 5.39. The molecule has 8 nitrogen and oxygen atoms in total. The summed E-state index contributed by atoms with van der Waals surface area (Å²) in [5, 5.41) is 17.7. The van der Waals surface area contributed by atoms with E-state index in [2.05, 4.69) is 0 Å². The summed E-state index contributed by atoms with van der Waals surface area (Å²) in [6.07, 6.45) is 0.558. The Labute approximate surface area is 153 Å². The van der Waals surface area contributed by atoms with Crippen LogP contribution in [0.3, 0.4) is 0 Å². The first-order valence-electron chi connectivity index (χ1n) is 8.49. The third-order valence-electron chi connectivity index (χ3n) is 3.34. The largest absolute Gasteiger partial charge is 0.491 e. The lowest BCUT2D eigenvalue weighted by Gasteiger charge is -2.10. The standard InChI is InChI=1S/C18H28O8/c1-22-18(21)7-4-15-2-5-16(6-3-15)26-13-12-24-9-8-23-10-11-25-14-17(19)20/h2-3,5-6,18,21H,4,7-14H2,1H3,(H,19,20). The van der Waals surface area contributed by atoms with Crippen molar-refractivity contribution in [2.24, 2.45) is 0 Å². The Morgan fingerprint density at radius 3 is 2.12 bits per heavy atom. The Hall–Kier alpha value is -1.71. The number of rotatable bonds is 16. The molecular formula is C18H28O8. The Balaban J connectivity index is 1.97. The first-order chi connectivity index (χ1) is 12.6. The summed E-state index contributed by atoms with van der Waals surface area (Å²) in [4.78, 5) is 10.2. The molecule has 0 radical (unpaired) electrons. The van der Waals surface area contributed by atoms with E-state index in [4.69, 9.17) is 28.8 Å². The Morgan fingerprint density at radius 2 is 1.54 bits per heavy atom. The van der Waals surface area contributed by atoms with Crippen molar-refractivity contribution in [1.82, 2.24) is 0 Å². The van der Waals surface area contributed by atoms with Crippen LogP contribution >= 0.6 is 0 Å². The van der Waals surface area contributed by atoms with Crippen molar-refractivity contribution in [3.63, 3.8) is 0 Å². The second kappa shape index (κ2) is 14.5. The number of aliphatic hydroxyl groups is 1. The third kappa shape index (κ3) is 11.8. The number of carboxylic acid groups (broad SMARTS) is 1. The van der Waals surface area contributed by atoms with E-state index in [1.807, 2.05) is 24.3 Å². The van der Waals surface area contributed by atoms with Gasteiger partial charge in [0.1, 0.15) is 19.0 Å². The van der Waals surface area contributed by atoms with Crippen molar-refractivity contribution in [3.8, 4) is 5.75 Å². The molecule has 0 bridgehead atoms. The lowest BCUT2D eigenvalue weighted by Crippen LogP contribution is -2.14. The fraction of sp³-hybridized carbons (Fsp3) is 0.611. The normalized spacial score (nSPS) is 12.1. The van der Waals surface area contributed by atoms with Gasteiger partial charge in [-0.2, -0.15) is 0 Å². The van der Waals surface area contributed by atoms with Gasteiger partial charge in [-0.3, -0.25) is 0 Å². The van der Waals surface area contributed by atoms with Crippen molar-refractivity contribution in [3.05, 3.63) is 29.8 Å². The van der Waals surface area contributed by atoms with E-state index >= 15 is 0 Å². The lowest BCUT2D eigenvalue weighted by atomic mass is 10.1. The first-order valence-corrected chi connectivity index (χ1v) is 8.49. The first kappa shape index (κ1) is 22.3. The molecule has 0 saturated heterocycles. The molecule has 0 fully saturated rings. The molecule has 0 spiro atoms. The molecule has 2 N–H and O–H groups in total. The van der Waals surface area contributed by atoms with Crippen molar-refractivity contribution in [2.75, 3.05) is 53.4 Å². The molecule has 0 aliphatic rings. The summed E-state index contributed by atoms with van der Waals surface area (Å²) in [5.74, 6) is -0.232. The highest BCUT2D eigenvalue weighted by atomic mass is 16.6. The molecule has 1 rings (SSSR count). The molecule has 0 saturated carbocycles. The van der Waals surface area contributed by atoms with Crippen LogP contribution in [0.15, 0.2) is 24.3 Å². The van der Waals surface area contributed by atoms with Gasteiger partial charge < -0.3 is 33.9 Å². The number of aryl methyl sites for hydroxylation is 1. The van der Waals surface area contributed by atoms with E-state index in [0.717, 1.165) is 17.7 Å². The summed E-state index contributed by atoms with van der Waals surface area (Å²) >= 11 is 0. The van der Waals surface area contributed by atoms with E-state index < -0.39 is 12.3 Å². The fourth-order valence-corrected chi connectivity index (χ4v) is 1.98. The maximum Gasteiger partial charge on any atom is 0.329 e. The van der Waals surface area contributed by atoms with Gasteiger partial charge in [-0.1, -0.05) is 12.1 Å². The number of hydrogen-bond donors (Lipinski definition) is 2. The lowest BCUT2D eigenvalue weighted by molar-refractivity contribution is -0.142. The highest BCUT2D eigenvalue weighted by Gasteiger charge is 2.02. The van der Waals surface area contributed by atoms with Crippen LogP contribution in [-0.4, -0.2) is 75.8 Å². The molecule has 1 atom stereocenters. The average molecular weight is 372 g/mol. The fourth-order valence-electron chi connectivity index (χ4n) is 1.98. The van der Waals surface area contributed by atoms with Crippen molar-refractivity contribution in [1.29, 1.82) is 0 Å². The maximum absolute atomic E-state index is 10.2. The molecule has 148 valence electrons. The number of carbonyl (C=O) groups is 1. The van der Waals surface area contributed by atoms with Crippen LogP contribution in [0.4, 0.5) is 0 Å². The molecular weight excluding hydrogens is 344 g/mol. The van der Waals surface area contributed by atoms with Gasteiger partial charge in [0.25, 0.3) is 0 Å². The van der Waals surface area contributed by atoms with Gasteiger partial charge in [-0.15, -0.1) is 0 Å². The van der Waals surface area contributed by atoms with E-state index in [0.29, 0.717) is 39.5 Å². The minimum atomic E-state index is -0.993. The van der Waals surface area contributed by atoms with Crippen molar-refractivity contribution >= 4 is 5.97 Å². The highest BCUT2D eigenvalue weighted by molar-refractivity contribution is 5.67. The molecule has 26 heavy (non-hydrogen) atoms. The van der Waals surface area contributed by atoms with Gasteiger partial charge in [0, 0.05) is 13.5 Å². The monoisotopic (exact) mass is 372 g/mol. The van der Waals surface area contributed by atoms with Crippen molar-refractivity contribution < 1.29 is 38.7 Å². The number of benzene rings is 1. The minimum absolute atomic E-state index is 0.246. The Morgan fingerprint density at radius 1 is 0.962 bits per heavy atom. The topological polar surface area (TPSA) is 104 Å². The number of carboxylic acids is 1. The van der Waals surface area contributed by atoms with Crippen LogP contribution in [0.5, 0.6) is 5.75 Å². The number of methoxy groups -OCH3 is 1. The summed E-state index contributed by atoms with van der Waals surface area (Å²) in [6, 6.07) is 7.68. The van der Waals surface area contributed by atoms with E-state index in [1.54, 1.807) is 0 Å². The van der Waals surface area contributed by atoms with E-state index in [-0.39, 0.29) is 13.2 Å². The Kier molecular flexibility index (Phi) is 12.4. The average Bonchev–Trinajstić information content (AvgIpc) is 2.64. The predicted octanol–water partition coefficient (Wildman–Crippen LogP) is 1.10. The molecule has 0 amide bonds. The van der Waals surface area contributed by atoms with Crippen LogP contribution < -0.4 is 4.74 Å². The van der Waals surface area contributed by atoms with E-state index in [1.165, 1.54) is 7.11 Å². The van der Waals surface area contributed by atoms with Gasteiger partial charge in [0.15, 0.2) is 6.29 Å². The third-order valence-corrected chi connectivity index (χ3v) is 3.34. The molecule has 1 aromatic rings. The molecule has 0 aromatic heterocycles. The molecule has 0 aliphatic carbocycles. The molecule has 1 unspecified atom stereocenters. The van der Waals surface area contributed by atoms with E-state index in [9.17, 15) is 9.90 Å². The van der Waals surface area contributed by atoms with Gasteiger partial charge in [-0.05, 0) is 24.1 Å². The van der Waals surface area contributed by atoms with Gasteiger partial charge in [0.05, 0.1) is 33.0 Å². The second-order valence-electron chi connectivity index (χ2n) is 5.39. The maximum atomic E-state index is 10.2. The quantitative estimate of drug-likeness (QED) is 0.328. The van der Waals surface area contributed by atoms with Crippen LogP contribution in [0.2, 0.25) is 0 Å². The zero-order valence-corrected chi connectivity index (χ0v) is 15.1. The van der Waals surface area contributed by atoms with Crippen LogP contribution in [0.1, 0.15) is 12.0 Å². The number of aliphatic hydroxyl groups excluding tert-OH is 1. The highest BCUT2D eigenvalue weighted by Crippen LogP contribution is 2.14. The molecule has 0 heterocycles.